The molecule has 0 aromatic heterocycles. The molecule has 0 aromatic carbocycles. The minimum Gasteiger partial charge on any atom is -0.388 e. The highest BCUT2D eigenvalue weighted by Gasteiger charge is 1.98. The molecule has 0 amide bonds. The Hall–Kier alpha value is -1.31. The second-order valence-corrected chi connectivity index (χ2v) is 5.47. The summed E-state index contributed by atoms with van der Waals surface area (Å²) >= 11 is 0. The zero-order valence-electron chi connectivity index (χ0n) is 13.6. The lowest BCUT2D eigenvalue weighted by Gasteiger charge is -2.06. The summed E-state index contributed by atoms with van der Waals surface area (Å²) in [5.41, 5.74) is 2.22. The van der Waals surface area contributed by atoms with Crippen molar-refractivity contribution < 1.29 is 0 Å². The third-order valence-corrected chi connectivity index (χ3v) is 3.19. The summed E-state index contributed by atoms with van der Waals surface area (Å²) in [4.78, 5) is 4.37. The van der Waals surface area contributed by atoms with E-state index in [1.165, 1.54) is 24.8 Å². The van der Waals surface area contributed by atoms with Crippen molar-refractivity contribution in [3.63, 3.8) is 0 Å². The molecule has 0 radical (unpaired) electrons. The Balaban J connectivity index is 3.72. The van der Waals surface area contributed by atoms with Gasteiger partial charge in [0, 0.05) is 18.5 Å². The minimum absolute atomic E-state index is 0.665. The first-order chi connectivity index (χ1) is 9.60. The molecule has 0 aliphatic rings. The molecule has 2 heteroatoms. The first-order valence-electron chi connectivity index (χ1n) is 7.79. The van der Waals surface area contributed by atoms with Gasteiger partial charge in [-0.15, -0.1) is 6.58 Å². The van der Waals surface area contributed by atoms with Crippen LogP contribution >= 0.6 is 0 Å². The van der Waals surface area contributed by atoms with Crippen LogP contribution in [0.25, 0.3) is 0 Å². The SMILES string of the molecule is C=CCC(C)CCCC/C=C(\C)C=NCC(=C)NCC. The molecule has 1 atom stereocenters. The van der Waals surface area contributed by atoms with Gasteiger partial charge in [-0.1, -0.05) is 38.5 Å². The molecule has 0 fully saturated rings. The molecular formula is C18H32N2. The zero-order chi connectivity index (χ0) is 15.2. The van der Waals surface area contributed by atoms with E-state index in [0.29, 0.717) is 6.54 Å². The van der Waals surface area contributed by atoms with Crippen molar-refractivity contribution in [2.45, 2.75) is 52.9 Å². The molecule has 0 aromatic rings. The number of likely N-dealkylation sites (N-methyl/N-ethyl adjacent to an activating group) is 1. The second kappa shape index (κ2) is 12.7. The van der Waals surface area contributed by atoms with Crippen LogP contribution in [0.1, 0.15) is 52.9 Å². The molecule has 0 bridgehead atoms. The molecule has 0 heterocycles. The van der Waals surface area contributed by atoms with Crippen molar-refractivity contribution in [2.24, 2.45) is 10.9 Å². The Morgan fingerprint density at radius 1 is 1.35 bits per heavy atom. The molecule has 0 spiro atoms. The molecular weight excluding hydrogens is 244 g/mol. The van der Waals surface area contributed by atoms with E-state index in [2.05, 4.69) is 50.3 Å². The molecule has 0 aliphatic heterocycles. The maximum atomic E-state index is 4.37. The number of nitrogens with one attached hydrogen (secondary N) is 1. The number of unbranched alkanes of at least 4 members (excludes halogenated alkanes) is 2. The Labute approximate surface area is 125 Å². The minimum atomic E-state index is 0.665. The average molecular weight is 276 g/mol. The predicted molar refractivity (Wildman–Crippen MR) is 92.4 cm³/mol. The van der Waals surface area contributed by atoms with Gasteiger partial charge in [0.05, 0.1) is 6.54 Å². The number of aliphatic imine (C=N–C) groups is 1. The van der Waals surface area contributed by atoms with E-state index in [-0.39, 0.29) is 0 Å². The van der Waals surface area contributed by atoms with Crippen molar-refractivity contribution in [3.05, 3.63) is 36.6 Å². The fourth-order valence-electron chi connectivity index (χ4n) is 2.03. The molecule has 0 saturated carbocycles. The summed E-state index contributed by atoms with van der Waals surface area (Å²) < 4.78 is 0. The van der Waals surface area contributed by atoms with E-state index in [9.17, 15) is 0 Å². The van der Waals surface area contributed by atoms with Crippen LogP contribution in [0, 0.1) is 5.92 Å². The Bertz CT molecular complexity index is 326. The lowest BCUT2D eigenvalue weighted by molar-refractivity contribution is 0.505. The maximum absolute atomic E-state index is 4.37. The largest absolute Gasteiger partial charge is 0.388 e. The molecule has 1 unspecified atom stereocenters. The highest BCUT2D eigenvalue weighted by atomic mass is 14.9. The summed E-state index contributed by atoms with van der Waals surface area (Å²) in [5, 5.41) is 3.17. The van der Waals surface area contributed by atoms with Crippen LogP contribution in [-0.2, 0) is 0 Å². The lowest BCUT2D eigenvalue weighted by Crippen LogP contribution is -2.13. The van der Waals surface area contributed by atoms with Crippen LogP contribution in [0.4, 0.5) is 0 Å². The van der Waals surface area contributed by atoms with Gasteiger partial charge in [-0.25, -0.2) is 0 Å². The average Bonchev–Trinajstić information content (AvgIpc) is 2.39. The van der Waals surface area contributed by atoms with Crippen LogP contribution in [0.15, 0.2) is 41.6 Å². The topological polar surface area (TPSA) is 24.4 Å². The van der Waals surface area contributed by atoms with E-state index in [0.717, 1.165) is 31.0 Å². The van der Waals surface area contributed by atoms with Crippen LogP contribution in [0.2, 0.25) is 0 Å². The molecule has 2 nitrogen and oxygen atoms in total. The van der Waals surface area contributed by atoms with Crippen molar-refractivity contribution in [1.82, 2.24) is 5.32 Å². The summed E-state index contributed by atoms with van der Waals surface area (Å²) in [6, 6.07) is 0. The van der Waals surface area contributed by atoms with E-state index < -0.39 is 0 Å². The standard InChI is InChI=1S/C18H32N2/c1-6-11-16(3)12-9-8-10-13-17(4)14-19-15-18(5)20-7-2/h6,13-14,16,20H,1,5,7-12,15H2,2-4H3/b17-13+,19-14?. The summed E-state index contributed by atoms with van der Waals surface area (Å²) in [7, 11) is 0. The first kappa shape index (κ1) is 18.7. The molecule has 0 aliphatic carbocycles. The second-order valence-electron chi connectivity index (χ2n) is 5.47. The van der Waals surface area contributed by atoms with Gasteiger partial charge in [0.15, 0.2) is 0 Å². The Morgan fingerprint density at radius 3 is 2.75 bits per heavy atom. The molecule has 20 heavy (non-hydrogen) atoms. The van der Waals surface area contributed by atoms with E-state index in [4.69, 9.17) is 0 Å². The van der Waals surface area contributed by atoms with Gasteiger partial charge in [-0.3, -0.25) is 4.99 Å². The lowest BCUT2D eigenvalue weighted by atomic mass is 10.00. The molecule has 0 rings (SSSR count). The van der Waals surface area contributed by atoms with Gasteiger partial charge in [0.2, 0.25) is 0 Å². The fourth-order valence-corrected chi connectivity index (χ4v) is 2.03. The molecule has 0 saturated heterocycles. The number of hydrogen-bond donors (Lipinski definition) is 1. The fraction of sp³-hybridized carbons (Fsp3) is 0.611. The third kappa shape index (κ3) is 11.8. The number of rotatable bonds is 12. The van der Waals surface area contributed by atoms with Gasteiger partial charge in [-0.05, 0) is 44.6 Å². The van der Waals surface area contributed by atoms with Crippen LogP contribution in [0.5, 0.6) is 0 Å². The van der Waals surface area contributed by atoms with Crippen LogP contribution in [-0.4, -0.2) is 19.3 Å². The molecule has 114 valence electrons. The highest BCUT2D eigenvalue weighted by Crippen LogP contribution is 2.13. The van der Waals surface area contributed by atoms with E-state index in [1.54, 1.807) is 0 Å². The van der Waals surface area contributed by atoms with Crippen LogP contribution < -0.4 is 5.32 Å². The maximum Gasteiger partial charge on any atom is 0.0780 e. The molecule has 1 N–H and O–H groups in total. The summed E-state index contributed by atoms with van der Waals surface area (Å²) in [6.07, 6.45) is 12.4. The van der Waals surface area contributed by atoms with E-state index >= 15 is 0 Å². The highest BCUT2D eigenvalue weighted by molar-refractivity contribution is 5.77. The first-order valence-corrected chi connectivity index (χ1v) is 7.79. The van der Waals surface area contributed by atoms with Crippen molar-refractivity contribution in [3.8, 4) is 0 Å². The smallest absolute Gasteiger partial charge is 0.0780 e. The number of nitrogens with zero attached hydrogens (tertiary/aromatic N) is 1. The number of allylic oxidation sites excluding steroid dienone is 3. The quantitative estimate of drug-likeness (QED) is 0.306. The van der Waals surface area contributed by atoms with Crippen molar-refractivity contribution >= 4 is 6.21 Å². The van der Waals surface area contributed by atoms with Gasteiger partial charge in [0.25, 0.3) is 0 Å². The van der Waals surface area contributed by atoms with Gasteiger partial charge >= 0.3 is 0 Å². The van der Waals surface area contributed by atoms with Gasteiger partial charge in [-0.2, -0.15) is 0 Å². The van der Waals surface area contributed by atoms with Crippen molar-refractivity contribution in [1.29, 1.82) is 0 Å². The third-order valence-electron chi connectivity index (χ3n) is 3.19. The van der Waals surface area contributed by atoms with Crippen molar-refractivity contribution in [2.75, 3.05) is 13.1 Å². The van der Waals surface area contributed by atoms with Gasteiger partial charge in [0.1, 0.15) is 0 Å². The Morgan fingerprint density at radius 2 is 2.10 bits per heavy atom. The predicted octanol–water partition coefficient (Wildman–Crippen LogP) is 4.90. The number of hydrogen-bond acceptors (Lipinski definition) is 2. The Kier molecular flexibility index (Phi) is 11.9. The normalized spacial score (nSPS) is 13.4. The van der Waals surface area contributed by atoms with Crippen LogP contribution in [0.3, 0.4) is 0 Å². The summed E-state index contributed by atoms with van der Waals surface area (Å²) in [5.74, 6) is 0.774. The summed E-state index contributed by atoms with van der Waals surface area (Å²) in [6.45, 7) is 15.7. The van der Waals surface area contributed by atoms with E-state index in [1.807, 2.05) is 12.3 Å². The zero-order valence-corrected chi connectivity index (χ0v) is 13.6. The van der Waals surface area contributed by atoms with Gasteiger partial charge < -0.3 is 5.32 Å². The monoisotopic (exact) mass is 276 g/mol.